The SMILES string of the molecule is O=C1CCC(=O)N1C1CC2CCC(C1)N2C(=O)Cc1ccc(-c2ccccc2)cc1. The Hall–Kier alpha value is -2.95. The van der Waals surface area contributed by atoms with Crippen molar-refractivity contribution >= 4 is 17.7 Å². The minimum absolute atomic E-state index is 0.0285. The topological polar surface area (TPSA) is 57.7 Å². The lowest BCUT2D eigenvalue weighted by atomic mass is 9.95. The van der Waals surface area contributed by atoms with E-state index in [1.165, 1.54) is 10.5 Å². The molecule has 2 atom stereocenters. The molecule has 154 valence electrons. The minimum atomic E-state index is -0.0392. The van der Waals surface area contributed by atoms with Crippen LogP contribution in [0.15, 0.2) is 54.6 Å². The smallest absolute Gasteiger partial charge is 0.229 e. The fourth-order valence-electron chi connectivity index (χ4n) is 5.48. The van der Waals surface area contributed by atoms with E-state index in [4.69, 9.17) is 0 Å². The fraction of sp³-hybridized carbons (Fsp3) is 0.400. The van der Waals surface area contributed by atoms with E-state index in [2.05, 4.69) is 24.3 Å². The van der Waals surface area contributed by atoms with Gasteiger partial charge in [0.2, 0.25) is 17.7 Å². The van der Waals surface area contributed by atoms with Gasteiger partial charge in [-0.3, -0.25) is 19.3 Å². The number of piperidine rings is 1. The van der Waals surface area contributed by atoms with Crippen LogP contribution in [0.1, 0.15) is 44.1 Å². The van der Waals surface area contributed by atoms with E-state index < -0.39 is 0 Å². The van der Waals surface area contributed by atoms with Crippen LogP contribution >= 0.6 is 0 Å². The van der Waals surface area contributed by atoms with Gasteiger partial charge in [0.05, 0.1) is 6.42 Å². The zero-order chi connectivity index (χ0) is 20.7. The van der Waals surface area contributed by atoms with Crippen LogP contribution in [0.2, 0.25) is 0 Å². The van der Waals surface area contributed by atoms with Crippen molar-refractivity contribution in [3.8, 4) is 11.1 Å². The predicted octanol–water partition coefficient (Wildman–Crippen LogP) is 3.57. The Kier molecular flexibility index (Phi) is 4.89. The first-order chi connectivity index (χ1) is 14.6. The lowest BCUT2D eigenvalue weighted by molar-refractivity contribution is -0.144. The van der Waals surface area contributed by atoms with E-state index >= 15 is 0 Å². The number of rotatable bonds is 4. The van der Waals surface area contributed by atoms with Gasteiger partial charge in [-0.05, 0) is 42.4 Å². The van der Waals surface area contributed by atoms with Gasteiger partial charge in [-0.1, -0.05) is 54.6 Å². The van der Waals surface area contributed by atoms with Crippen LogP contribution in [0, 0.1) is 0 Å². The molecule has 0 N–H and O–H groups in total. The quantitative estimate of drug-likeness (QED) is 0.735. The van der Waals surface area contributed by atoms with Gasteiger partial charge in [0, 0.05) is 31.0 Å². The molecule has 3 saturated heterocycles. The van der Waals surface area contributed by atoms with Crippen molar-refractivity contribution in [3.63, 3.8) is 0 Å². The Morgan fingerprint density at radius 1 is 0.767 bits per heavy atom. The second-order valence-corrected chi connectivity index (χ2v) is 8.71. The van der Waals surface area contributed by atoms with Crippen molar-refractivity contribution in [1.82, 2.24) is 9.80 Å². The molecule has 5 rings (SSSR count). The zero-order valence-electron chi connectivity index (χ0n) is 17.0. The van der Waals surface area contributed by atoms with Crippen LogP contribution < -0.4 is 0 Å². The van der Waals surface area contributed by atoms with E-state index in [1.54, 1.807) is 0 Å². The van der Waals surface area contributed by atoms with Gasteiger partial charge in [-0.25, -0.2) is 0 Å². The summed E-state index contributed by atoms with van der Waals surface area (Å²) in [6.07, 6.45) is 4.47. The standard InChI is InChI=1S/C25H26N2O3/c28-23-12-13-24(29)27(23)22-15-20-10-11-21(16-22)26(20)25(30)14-17-6-8-19(9-7-17)18-4-2-1-3-5-18/h1-9,20-22H,10-16H2. The molecule has 3 aliphatic rings. The molecule has 5 heteroatoms. The predicted molar refractivity (Wildman–Crippen MR) is 113 cm³/mol. The molecule has 0 aliphatic carbocycles. The molecule has 0 saturated carbocycles. The van der Waals surface area contributed by atoms with Gasteiger partial charge in [0.15, 0.2) is 0 Å². The lowest BCUT2D eigenvalue weighted by Gasteiger charge is -2.41. The molecule has 3 aliphatic heterocycles. The van der Waals surface area contributed by atoms with Gasteiger partial charge in [-0.15, -0.1) is 0 Å². The van der Waals surface area contributed by atoms with Gasteiger partial charge < -0.3 is 4.90 Å². The number of amides is 3. The van der Waals surface area contributed by atoms with Crippen molar-refractivity contribution in [1.29, 1.82) is 0 Å². The first kappa shape index (κ1) is 19.0. The highest BCUT2D eigenvalue weighted by atomic mass is 16.2. The summed E-state index contributed by atoms with van der Waals surface area (Å²) in [5.74, 6) is 0.0813. The Labute approximate surface area is 176 Å². The number of benzene rings is 2. The van der Waals surface area contributed by atoms with E-state index in [9.17, 15) is 14.4 Å². The molecule has 0 spiro atoms. The summed E-state index contributed by atoms with van der Waals surface area (Å²) in [7, 11) is 0. The highest BCUT2D eigenvalue weighted by Crippen LogP contribution is 2.39. The van der Waals surface area contributed by atoms with Crippen LogP contribution in [-0.4, -0.2) is 45.6 Å². The van der Waals surface area contributed by atoms with Gasteiger partial charge in [-0.2, -0.15) is 0 Å². The van der Waals surface area contributed by atoms with E-state index in [1.807, 2.05) is 35.2 Å². The molecule has 3 amide bonds. The van der Waals surface area contributed by atoms with Crippen LogP contribution in [0.4, 0.5) is 0 Å². The Bertz CT molecular complexity index is 940. The van der Waals surface area contributed by atoms with Crippen molar-refractivity contribution in [2.75, 3.05) is 0 Å². The number of carbonyl (C=O) groups excluding carboxylic acids is 3. The van der Waals surface area contributed by atoms with Gasteiger partial charge >= 0.3 is 0 Å². The fourth-order valence-corrected chi connectivity index (χ4v) is 5.48. The third kappa shape index (κ3) is 3.42. The van der Waals surface area contributed by atoms with E-state index in [0.717, 1.165) is 36.8 Å². The van der Waals surface area contributed by atoms with Crippen molar-refractivity contribution in [3.05, 3.63) is 60.2 Å². The molecule has 30 heavy (non-hydrogen) atoms. The Morgan fingerprint density at radius 3 is 1.93 bits per heavy atom. The molecule has 2 unspecified atom stereocenters. The summed E-state index contributed by atoms with van der Waals surface area (Å²) >= 11 is 0. The third-order valence-electron chi connectivity index (χ3n) is 6.87. The number of imide groups is 1. The maximum absolute atomic E-state index is 13.1. The normalized spacial score (nSPS) is 25.8. The summed E-state index contributed by atoms with van der Waals surface area (Å²) in [6, 6.07) is 18.7. The van der Waals surface area contributed by atoms with Crippen LogP contribution in [0.25, 0.3) is 11.1 Å². The number of likely N-dealkylation sites (tertiary alicyclic amines) is 1. The van der Waals surface area contributed by atoms with Gasteiger partial charge in [0.1, 0.15) is 0 Å². The van der Waals surface area contributed by atoms with Crippen LogP contribution in [0.3, 0.4) is 0 Å². The highest BCUT2D eigenvalue weighted by molar-refractivity contribution is 6.02. The largest absolute Gasteiger partial charge is 0.336 e. The summed E-state index contributed by atoms with van der Waals surface area (Å²) in [4.78, 5) is 40.9. The minimum Gasteiger partial charge on any atom is -0.336 e. The lowest BCUT2D eigenvalue weighted by Crippen LogP contribution is -2.54. The van der Waals surface area contributed by atoms with Crippen molar-refractivity contribution < 1.29 is 14.4 Å². The highest BCUT2D eigenvalue weighted by Gasteiger charge is 2.47. The van der Waals surface area contributed by atoms with E-state index in [0.29, 0.717) is 19.3 Å². The summed E-state index contributed by atoms with van der Waals surface area (Å²) < 4.78 is 0. The molecule has 3 fully saturated rings. The molecule has 3 heterocycles. The molecule has 0 radical (unpaired) electrons. The molecular weight excluding hydrogens is 376 g/mol. The number of hydrogen-bond acceptors (Lipinski definition) is 3. The van der Waals surface area contributed by atoms with Crippen molar-refractivity contribution in [2.24, 2.45) is 0 Å². The second kappa shape index (κ2) is 7.71. The first-order valence-electron chi connectivity index (χ1n) is 10.9. The molecule has 5 nitrogen and oxygen atoms in total. The number of carbonyl (C=O) groups is 3. The summed E-state index contributed by atoms with van der Waals surface area (Å²) in [6.45, 7) is 0. The van der Waals surface area contributed by atoms with Gasteiger partial charge in [0.25, 0.3) is 0 Å². The molecular formula is C25H26N2O3. The van der Waals surface area contributed by atoms with Crippen LogP contribution in [-0.2, 0) is 20.8 Å². The Morgan fingerprint density at radius 2 is 1.33 bits per heavy atom. The van der Waals surface area contributed by atoms with E-state index in [-0.39, 0.29) is 35.8 Å². The molecule has 2 aromatic carbocycles. The Balaban J connectivity index is 1.25. The van der Waals surface area contributed by atoms with Crippen molar-refractivity contribution in [2.45, 2.75) is 63.1 Å². The summed E-state index contributed by atoms with van der Waals surface area (Å²) in [5, 5.41) is 0. The molecule has 2 bridgehead atoms. The molecule has 0 aromatic heterocycles. The average molecular weight is 402 g/mol. The average Bonchev–Trinajstić information content (AvgIpc) is 3.24. The van der Waals surface area contributed by atoms with Crippen LogP contribution in [0.5, 0.6) is 0 Å². The third-order valence-corrected chi connectivity index (χ3v) is 6.87. The second-order valence-electron chi connectivity index (χ2n) is 8.71. The summed E-state index contributed by atoms with van der Waals surface area (Å²) in [5.41, 5.74) is 3.33. The number of fused-ring (bicyclic) bond motifs is 2. The number of hydrogen-bond donors (Lipinski definition) is 0. The first-order valence-corrected chi connectivity index (χ1v) is 10.9. The zero-order valence-corrected chi connectivity index (χ0v) is 17.0. The number of nitrogens with zero attached hydrogens (tertiary/aromatic N) is 2. The maximum Gasteiger partial charge on any atom is 0.229 e. The maximum atomic E-state index is 13.1. The monoisotopic (exact) mass is 402 g/mol. The molecule has 2 aromatic rings.